The van der Waals surface area contributed by atoms with Crippen molar-refractivity contribution in [3.63, 3.8) is 0 Å². The zero-order valence-electron chi connectivity index (χ0n) is 11.9. The van der Waals surface area contributed by atoms with Gasteiger partial charge in [0.25, 0.3) is 0 Å². The van der Waals surface area contributed by atoms with E-state index in [1.807, 2.05) is 0 Å². The van der Waals surface area contributed by atoms with Gasteiger partial charge in [-0.3, -0.25) is 0 Å². The largest absolute Gasteiger partial charge is 0.465 e. The number of carbonyl (C=O) groups excluding carboxylic acids is 1. The number of benzene rings is 1. The van der Waals surface area contributed by atoms with Crippen LogP contribution in [0.3, 0.4) is 0 Å². The fraction of sp³-hybridized carbons (Fsp3) is 0.533. The highest BCUT2D eigenvalue weighted by Crippen LogP contribution is 2.32. The monoisotopic (exact) mass is 299 g/mol. The molecular formula is C15H19F2NO3. The first kappa shape index (κ1) is 15.7. The molecule has 1 saturated carbocycles. The van der Waals surface area contributed by atoms with E-state index in [1.54, 1.807) is 0 Å². The molecule has 1 aromatic rings. The van der Waals surface area contributed by atoms with Crippen molar-refractivity contribution in [3.8, 4) is 0 Å². The average molecular weight is 299 g/mol. The molecule has 2 N–H and O–H groups in total. The van der Waals surface area contributed by atoms with E-state index in [-0.39, 0.29) is 24.1 Å². The fourth-order valence-electron chi connectivity index (χ4n) is 2.82. The molecule has 4 nitrogen and oxygen atoms in total. The Balaban J connectivity index is 2.07. The van der Waals surface area contributed by atoms with E-state index in [2.05, 4.69) is 10.1 Å². The molecule has 0 amide bonds. The summed E-state index contributed by atoms with van der Waals surface area (Å²) in [7, 11) is 1.11. The van der Waals surface area contributed by atoms with Gasteiger partial charge in [-0.25, -0.2) is 13.6 Å². The van der Waals surface area contributed by atoms with E-state index in [1.165, 1.54) is 12.1 Å². The summed E-state index contributed by atoms with van der Waals surface area (Å²) in [5, 5.41) is 12.1. The van der Waals surface area contributed by atoms with Gasteiger partial charge in [0.05, 0.1) is 18.4 Å². The summed E-state index contributed by atoms with van der Waals surface area (Å²) in [6, 6.07) is 2.53. The van der Waals surface area contributed by atoms with Crippen molar-refractivity contribution in [2.24, 2.45) is 11.8 Å². The molecule has 0 bridgehead atoms. The molecule has 0 aromatic heterocycles. The Morgan fingerprint density at radius 2 is 2.05 bits per heavy atom. The van der Waals surface area contributed by atoms with E-state index in [9.17, 15) is 18.7 Å². The van der Waals surface area contributed by atoms with Crippen molar-refractivity contribution >= 4 is 11.7 Å². The van der Waals surface area contributed by atoms with Crippen LogP contribution in [0.4, 0.5) is 14.5 Å². The first-order valence-corrected chi connectivity index (χ1v) is 6.99. The third-order valence-corrected chi connectivity index (χ3v) is 4.09. The Bertz CT molecular complexity index is 522. The van der Waals surface area contributed by atoms with E-state index in [4.69, 9.17) is 0 Å². The van der Waals surface area contributed by atoms with Crippen molar-refractivity contribution < 1.29 is 23.4 Å². The van der Waals surface area contributed by atoms with Crippen LogP contribution in [-0.4, -0.2) is 31.3 Å². The van der Waals surface area contributed by atoms with Crippen LogP contribution in [0.2, 0.25) is 0 Å². The van der Waals surface area contributed by atoms with Crippen LogP contribution in [-0.2, 0) is 4.74 Å². The maximum atomic E-state index is 13.9. The molecule has 0 saturated heterocycles. The third kappa shape index (κ3) is 3.32. The van der Waals surface area contributed by atoms with Crippen molar-refractivity contribution in [2.75, 3.05) is 25.6 Å². The van der Waals surface area contributed by atoms with Crippen LogP contribution in [0.15, 0.2) is 12.1 Å². The molecular weight excluding hydrogens is 280 g/mol. The highest BCUT2D eigenvalue weighted by atomic mass is 19.2. The molecule has 1 aliphatic carbocycles. The lowest BCUT2D eigenvalue weighted by Gasteiger charge is -2.19. The molecule has 1 aliphatic rings. The molecule has 0 heterocycles. The zero-order valence-corrected chi connectivity index (χ0v) is 11.9. The van der Waals surface area contributed by atoms with Crippen molar-refractivity contribution in [1.29, 1.82) is 0 Å². The van der Waals surface area contributed by atoms with Gasteiger partial charge in [-0.05, 0) is 36.8 Å². The number of nitrogens with one attached hydrogen (secondary N) is 1. The number of esters is 1. The Labute approximate surface area is 122 Å². The molecule has 2 atom stereocenters. The highest BCUT2D eigenvalue weighted by Gasteiger charge is 2.27. The second-order valence-corrected chi connectivity index (χ2v) is 5.29. The number of rotatable bonds is 5. The summed E-state index contributed by atoms with van der Waals surface area (Å²) < 4.78 is 32.1. The third-order valence-electron chi connectivity index (χ3n) is 4.09. The summed E-state index contributed by atoms with van der Waals surface area (Å²) in [4.78, 5) is 11.3. The predicted molar refractivity (Wildman–Crippen MR) is 74.1 cm³/mol. The SMILES string of the molecule is COC(=O)c1ccc(NCC2CCCC2CO)c(F)c1F. The average Bonchev–Trinajstić information content (AvgIpc) is 2.95. The zero-order chi connectivity index (χ0) is 15.4. The summed E-state index contributed by atoms with van der Waals surface area (Å²) in [5.41, 5.74) is -0.404. The maximum Gasteiger partial charge on any atom is 0.340 e. The quantitative estimate of drug-likeness (QED) is 0.821. The number of aliphatic hydroxyl groups is 1. The van der Waals surface area contributed by atoms with Gasteiger partial charge < -0.3 is 15.2 Å². The molecule has 0 radical (unpaired) electrons. The number of hydrogen-bond donors (Lipinski definition) is 2. The normalized spacial score (nSPS) is 21.3. The lowest BCUT2D eigenvalue weighted by atomic mass is 9.97. The number of anilines is 1. The summed E-state index contributed by atoms with van der Waals surface area (Å²) in [5.74, 6) is -2.75. The van der Waals surface area contributed by atoms with Gasteiger partial charge >= 0.3 is 5.97 Å². The molecule has 6 heteroatoms. The second-order valence-electron chi connectivity index (χ2n) is 5.29. The number of ether oxygens (including phenoxy) is 1. The van der Waals surface area contributed by atoms with Crippen LogP contribution in [0.25, 0.3) is 0 Å². The van der Waals surface area contributed by atoms with Gasteiger partial charge in [-0.1, -0.05) is 6.42 Å². The molecule has 1 aromatic carbocycles. The van der Waals surface area contributed by atoms with E-state index in [0.717, 1.165) is 26.4 Å². The van der Waals surface area contributed by atoms with E-state index < -0.39 is 23.2 Å². The fourth-order valence-corrected chi connectivity index (χ4v) is 2.82. The summed E-state index contributed by atoms with van der Waals surface area (Å²) in [6.45, 7) is 0.587. The summed E-state index contributed by atoms with van der Waals surface area (Å²) >= 11 is 0. The smallest absolute Gasteiger partial charge is 0.340 e. The van der Waals surface area contributed by atoms with Crippen molar-refractivity contribution in [3.05, 3.63) is 29.3 Å². The summed E-state index contributed by atoms with van der Waals surface area (Å²) in [6.07, 6.45) is 2.96. The second kappa shape index (κ2) is 6.85. The minimum atomic E-state index is -1.21. The van der Waals surface area contributed by atoms with Crippen LogP contribution in [0.1, 0.15) is 29.6 Å². The molecule has 1 fully saturated rings. The Kier molecular flexibility index (Phi) is 5.12. The van der Waals surface area contributed by atoms with Crippen LogP contribution >= 0.6 is 0 Å². The molecule has 21 heavy (non-hydrogen) atoms. The highest BCUT2D eigenvalue weighted by molar-refractivity contribution is 5.90. The molecule has 116 valence electrons. The van der Waals surface area contributed by atoms with Gasteiger partial charge in [0.15, 0.2) is 11.6 Å². The lowest BCUT2D eigenvalue weighted by molar-refractivity contribution is 0.0594. The predicted octanol–water partition coefficient (Wildman–Crippen LogP) is 2.57. The number of methoxy groups -OCH3 is 1. The Morgan fingerprint density at radius 1 is 1.33 bits per heavy atom. The van der Waals surface area contributed by atoms with E-state index >= 15 is 0 Å². The lowest BCUT2D eigenvalue weighted by Crippen LogP contribution is -2.21. The first-order chi connectivity index (χ1) is 10.1. The first-order valence-electron chi connectivity index (χ1n) is 6.99. The number of aliphatic hydroxyl groups excluding tert-OH is 1. The molecule has 2 unspecified atom stereocenters. The maximum absolute atomic E-state index is 13.9. The van der Waals surface area contributed by atoms with Gasteiger partial charge in [0.1, 0.15) is 0 Å². The number of hydrogen-bond acceptors (Lipinski definition) is 4. The minimum Gasteiger partial charge on any atom is -0.465 e. The molecule has 2 rings (SSSR count). The van der Waals surface area contributed by atoms with Crippen LogP contribution in [0.5, 0.6) is 0 Å². The van der Waals surface area contributed by atoms with Crippen LogP contribution in [0, 0.1) is 23.5 Å². The minimum absolute atomic E-state index is 0.0174. The van der Waals surface area contributed by atoms with Crippen LogP contribution < -0.4 is 5.32 Å². The van der Waals surface area contributed by atoms with Gasteiger partial charge in [-0.2, -0.15) is 0 Å². The van der Waals surface area contributed by atoms with Crippen molar-refractivity contribution in [1.82, 2.24) is 0 Å². The number of carbonyl (C=O) groups is 1. The Hall–Kier alpha value is -1.69. The standard InChI is InChI=1S/C15H19F2NO3/c1-21-15(20)11-5-6-12(14(17)13(11)16)18-7-9-3-2-4-10(9)8-19/h5-6,9-10,18-19H,2-4,7-8H2,1H3. The Morgan fingerprint density at radius 3 is 2.71 bits per heavy atom. The van der Waals surface area contributed by atoms with Gasteiger partial charge in [-0.15, -0.1) is 0 Å². The number of halogens is 2. The van der Waals surface area contributed by atoms with Gasteiger partial charge in [0, 0.05) is 13.2 Å². The molecule has 0 aliphatic heterocycles. The molecule has 0 spiro atoms. The van der Waals surface area contributed by atoms with Gasteiger partial charge in [0.2, 0.25) is 0 Å². The van der Waals surface area contributed by atoms with Crippen molar-refractivity contribution in [2.45, 2.75) is 19.3 Å². The topological polar surface area (TPSA) is 58.6 Å². The van der Waals surface area contributed by atoms with E-state index in [0.29, 0.717) is 6.54 Å².